The van der Waals surface area contributed by atoms with Crippen molar-refractivity contribution in [3.8, 4) is 17.2 Å². The van der Waals surface area contributed by atoms with Crippen LogP contribution in [-0.4, -0.2) is 22.6 Å². The predicted molar refractivity (Wildman–Crippen MR) is 104 cm³/mol. The molecule has 6 heteroatoms. The summed E-state index contributed by atoms with van der Waals surface area (Å²) in [5.74, 6) is -0.602. The lowest BCUT2D eigenvalue weighted by molar-refractivity contribution is -0.126. The molecule has 1 atom stereocenters. The van der Waals surface area contributed by atoms with E-state index in [0.717, 1.165) is 29.5 Å². The van der Waals surface area contributed by atoms with Crippen molar-refractivity contribution in [2.75, 3.05) is 6.54 Å². The Kier molecular flexibility index (Phi) is 5.43. The number of rotatable bonds is 5. The van der Waals surface area contributed by atoms with Crippen molar-refractivity contribution in [2.45, 2.75) is 37.1 Å². The third kappa shape index (κ3) is 4.09. The summed E-state index contributed by atoms with van der Waals surface area (Å²) in [4.78, 5) is 23.9. The third-order valence-electron chi connectivity index (χ3n) is 5.30. The average Bonchev–Trinajstić information content (AvgIpc) is 3.13. The molecule has 0 spiro atoms. The molecule has 1 aliphatic rings. The van der Waals surface area contributed by atoms with Crippen LogP contribution in [0.15, 0.2) is 47.4 Å². The summed E-state index contributed by atoms with van der Waals surface area (Å²) in [7, 11) is 1.71. The van der Waals surface area contributed by atoms with Gasteiger partial charge < -0.3 is 15.6 Å². The maximum atomic E-state index is 12.3. The lowest BCUT2D eigenvalue weighted by atomic mass is 9.95. The van der Waals surface area contributed by atoms with Crippen molar-refractivity contribution in [3.05, 3.63) is 58.5 Å². The normalized spacial score (nSPS) is 16.5. The van der Waals surface area contributed by atoms with Crippen molar-refractivity contribution in [1.82, 2.24) is 9.88 Å². The highest BCUT2D eigenvalue weighted by Gasteiger charge is 2.37. The first kappa shape index (κ1) is 18.9. The van der Waals surface area contributed by atoms with E-state index in [2.05, 4.69) is 11.4 Å². The summed E-state index contributed by atoms with van der Waals surface area (Å²) < 4.78 is 1.53. The summed E-state index contributed by atoms with van der Waals surface area (Å²) in [6.45, 7) is 0.244. The van der Waals surface area contributed by atoms with Gasteiger partial charge in [-0.25, -0.2) is 0 Å². The Morgan fingerprint density at radius 1 is 1.22 bits per heavy atom. The Morgan fingerprint density at radius 2 is 1.85 bits per heavy atom. The molecule has 3 N–H and O–H groups in total. The van der Waals surface area contributed by atoms with Gasteiger partial charge in [0.25, 0.3) is 0 Å². The number of aryl methyl sites for hydroxylation is 1. The number of pyridine rings is 1. The van der Waals surface area contributed by atoms with E-state index in [1.54, 1.807) is 19.3 Å². The first-order valence-corrected chi connectivity index (χ1v) is 9.17. The van der Waals surface area contributed by atoms with Gasteiger partial charge in [-0.15, -0.1) is 0 Å². The van der Waals surface area contributed by atoms with Gasteiger partial charge in [0.1, 0.15) is 0 Å². The van der Waals surface area contributed by atoms with Crippen LogP contribution in [0, 0.1) is 11.3 Å². The van der Waals surface area contributed by atoms with Gasteiger partial charge in [-0.05, 0) is 35.6 Å². The number of nitrogens with two attached hydrogens (primary N) is 1. The number of aromatic nitrogens is 1. The largest absolute Gasteiger partial charge is 0.353 e. The van der Waals surface area contributed by atoms with Gasteiger partial charge in [0.15, 0.2) is 0 Å². The molecule has 140 valence electrons. The zero-order valence-electron chi connectivity index (χ0n) is 15.4. The third-order valence-corrected chi connectivity index (χ3v) is 5.30. The summed E-state index contributed by atoms with van der Waals surface area (Å²) in [5.41, 5.74) is 8.04. The van der Waals surface area contributed by atoms with Gasteiger partial charge in [-0.2, -0.15) is 5.26 Å². The first-order chi connectivity index (χ1) is 12.9. The Hall–Kier alpha value is -2.91. The molecule has 27 heavy (non-hydrogen) atoms. The number of carbonyl (C=O) groups excluding carboxylic acids is 1. The molecule has 1 aromatic carbocycles. The fourth-order valence-corrected chi connectivity index (χ4v) is 3.51. The van der Waals surface area contributed by atoms with E-state index in [-0.39, 0.29) is 18.0 Å². The van der Waals surface area contributed by atoms with Gasteiger partial charge in [-0.1, -0.05) is 37.1 Å². The second kappa shape index (κ2) is 7.77. The smallest absolute Gasteiger partial charge is 0.250 e. The maximum absolute atomic E-state index is 12.3. The first-order valence-electron chi connectivity index (χ1n) is 9.17. The quantitative estimate of drug-likeness (QED) is 0.848. The van der Waals surface area contributed by atoms with E-state index in [1.807, 2.05) is 24.3 Å². The molecule has 0 aliphatic heterocycles. The summed E-state index contributed by atoms with van der Waals surface area (Å²) >= 11 is 0. The number of hydrogen-bond donors (Lipinski definition) is 2. The molecular weight excluding hydrogens is 340 g/mol. The van der Waals surface area contributed by atoms with Crippen molar-refractivity contribution < 1.29 is 4.79 Å². The van der Waals surface area contributed by atoms with Gasteiger partial charge >= 0.3 is 0 Å². The number of carbonyl (C=O) groups is 1. The van der Waals surface area contributed by atoms with Crippen LogP contribution in [0.4, 0.5) is 0 Å². The molecule has 1 heterocycles. The van der Waals surface area contributed by atoms with E-state index in [1.165, 1.54) is 10.6 Å². The minimum absolute atomic E-state index is 0.0596. The topological polar surface area (TPSA) is 101 Å². The lowest BCUT2D eigenvalue weighted by Crippen LogP contribution is -2.52. The Labute approximate surface area is 158 Å². The molecule has 3 rings (SSSR count). The molecule has 6 nitrogen and oxygen atoms in total. The molecule has 1 amide bonds. The van der Waals surface area contributed by atoms with Crippen molar-refractivity contribution in [3.63, 3.8) is 0 Å². The average molecular weight is 364 g/mol. The maximum Gasteiger partial charge on any atom is 0.250 e. The highest BCUT2D eigenvalue weighted by atomic mass is 16.2. The minimum atomic E-state index is -0.785. The van der Waals surface area contributed by atoms with Gasteiger partial charge in [-0.3, -0.25) is 9.59 Å². The molecule has 0 radical (unpaired) electrons. The van der Waals surface area contributed by atoms with Gasteiger partial charge in [0.2, 0.25) is 11.5 Å². The van der Waals surface area contributed by atoms with E-state index < -0.39 is 11.5 Å². The molecule has 1 saturated carbocycles. The van der Waals surface area contributed by atoms with Crippen LogP contribution >= 0.6 is 0 Å². The summed E-state index contributed by atoms with van der Waals surface area (Å²) in [5, 5.41) is 12.4. The second-order valence-corrected chi connectivity index (χ2v) is 7.24. The summed E-state index contributed by atoms with van der Waals surface area (Å²) in [6.07, 6.45) is 5.12. The SMILES string of the molecule is Cn1cc(-c2ccc(C(C#N)CNC(=O)C3(N)CCCC3)cc2)ccc1=O. The van der Waals surface area contributed by atoms with Crippen molar-refractivity contribution in [2.24, 2.45) is 12.8 Å². The molecule has 0 bridgehead atoms. The van der Waals surface area contributed by atoms with Crippen LogP contribution in [0.2, 0.25) is 0 Å². The van der Waals surface area contributed by atoms with Crippen LogP contribution in [0.1, 0.15) is 37.2 Å². The van der Waals surface area contributed by atoms with Crippen LogP contribution in [0.5, 0.6) is 0 Å². The number of nitriles is 1. The van der Waals surface area contributed by atoms with Crippen molar-refractivity contribution >= 4 is 5.91 Å². The van der Waals surface area contributed by atoms with Gasteiger partial charge in [0.05, 0.1) is 17.5 Å². The Bertz CT molecular complexity index is 918. The fourth-order valence-electron chi connectivity index (χ4n) is 3.51. The number of amides is 1. The van der Waals surface area contributed by atoms with E-state index >= 15 is 0 Å². The molecule has 1 unspecified atom stereocenters. The molecule has 1 aliphatic carbocycles. The van der Waals surface area contributed by atoms with E-state index in [0.29, 0.717) is 12.8 Å². The highest BCUT2D eigenvalue weighted by Crippen LogP contribution is 2.27. The number of nitrogens with zero attached hydrogens (tertiary/aromatic N) is 2. The molecular formula is C21H24N4O2. The lowest BCUT2D eigenvalue weighted by Gasteiger charge is -2.23. The fraction of sp³-hybridized carbons (Fsp3) is 0.381. The van der Waals surface area contributed by atoms with Gasteiger partial charge in [0, 0.05) is 25.9 Å². The molecule has 1 fully saturated rings. The molecule has 2 aromatic rings. The molecule has 0 saturated heterocycles. The van der Waals surface area contributed by atoms with Crippen LogP contribution in [-0.2, 0) is 11.8 Å². The van der Waals surface area contributed by atoms with Crippen molar-refractivity contribution in [1.29, 1.82) is 5.26 Å². The number of hydrogen-bond acceptors (Lipinski definition) is 4. The Morgan fingerprint density at radius 3 is 2.44 bits per heavy atom. The van der Waals surface area contributed by atoms with Crippen LogP contribution in [0.25, 0.3) is 11.1 Å². The number of nitrogens with one attached hydrogen (secondary N) is 1. The monoisotopic (exact) mass is 364 g/mol. The Balaban J connectivity index is 1.69. The second-order valence-electron chi connectivity index (χ2n) is 7.24. The van der Waals surface area contributed by atoms with E-state index in [9.17, 15) is 14.9 Å². The highest BCUT2D eigenvalue weighted by molar-refractivity contribution is 5.86. The zero-order chi connectivity index (χ0) is 19.4. The molecule has 1 aromatic heterocycles. The van der Waals surface area contributed by atoms with E-state index in [4.69, 9.17) is 5.73 Å². The minimum Gasteiger partial charge on any atom is -0.353 e. The van der Waals surface area contributed by atoms with Crippen LogP contribution < -0.4 is 16.6 Å². The summed E-state index contributed by atoms with van der Waals surface area (Å²) in [6, 6.07) is 13.2. The standard InChI is InChI=1S/C21H24N4O2/c1-25-14-17(8-9-19(25)26)15-4-6-16(7-5-15)18(12-22)13-24-20(27)21(23)10-2-3-11-21/h4-9,14,18H,2-3,10-11,13,23H2,1H3,(H,24,27). The predicted octanol–water partition coefficient (Wildman–Crippen LogP) is 2.05. The zero-order valence-corrected chi connectivity index (χ0v) is 15.4. The number of benzene rings is 1. The van der Waals surface area contributed by atoms with Crippen LogP contribution in [0.3, 0.4) is 0 Å².